The number of nitrogens with one attached hydrogen (secondary N) is 1. The summed E-state index contributed by atoms with van der Waals surface area (Å²) in [6.07, 6.45) is 0. The van der Waals surface area contributed by atoms with E-state index in [2.05, 4.69) is 20.8 Å². The van der Waals surface area contributed by atoms with Gasteiger partial charge in [-0.25, -0.2) is 9.07 Å². The zero-order valence-corrected chi connectivity index (χ0v) is 14.6. The van der Waals surface area contributed by atoms with Crippen LogP contribution in [0.15, 0.2) is 42.5 Å². The van der Waals surface area contributed by atoms with E-state index in [1.54, 1.807) is 37.4 Å². The topological polar surface area (TPSA) is 99.0 Å². The molecule has 2 aromatic carbocycles. The van der Waals surface area contributed by atoms with E-state index in [-0.39, 0.29) is 23.9 Å². The lowest BCUT2D eigenvalue weighted by molar-refractivity contribution is -0.118. The summed E-state index contributed by atoms with van der Waals surface area (Å²) < 4.78 is 21.0. The molecule has 0 bridgehead atoms. The largest absolute Gasteiger partial charge is 0.483 e. The minimum absolute atomic E-state index is 0.0220. The molecule has 0 unspecified atom stereocenters. The minimum atomic E-state index is -0.609. The van der Waals surface area contributed by atoms with Gasteiger partial charge in [0.25, 0.3) is 5.91 Å². The Kier molecular flexibility index (Phi) is 5.20. The Bertz CT molecular complexity index is 1000. The fourth-order valence-electron chi connectivity index (χ4n) is 2.44. The molecule has 0 aliphatic carbocycles. The van der Waals surface area contributed by atoms with Crippen molar-refractivity contribution in [3.05, 3.63) is 53.8 Å². The first-order valence-electron chi connectivity index (χ1n) is 8.00. The van der Waals surface area contributed by atoms with Gasteiger partial charge in [-0.1, -0.05) is 29.4 Å². The van der Waals surface area contributed by atoms with E-state index < -0.39 is 11.7 Å². The standard InChI is InChI=1S/C18H16FN5O3/c1-11(25)13-8-7-12(9-15(13)19)14-5-3-4-6-16(14)27-10-17(26)20-18-21-22-23-24(18)2/h3-9H,10H2,1-2H3,(H,20,21,23,26). The van der Waals surface area contributed by atoms with E-state index in [9.17, 15) is 14.0 Å². The van der Waals surface area contributed by atoms with Crippen LogP contribution in [0.5, 0.6) is 5.75 Å². The first kappa shape index (κ1) is 18.2. The number of ketones is 1. The normalized spacial score (nSPS) is 10.5. The molecule has 27 heavy (non-hydrogen) atoms. The molecule has 0 aliphatic heterocycles. The van der Waals surface area contributed by atoms with Crippen LogP contribution in [0.1, 0.15) is 17.3 Å². The van der Waals surface area contributed by atoms with Crippen molar-refractivity contribution in [2.24, 2.45) is 7.05 Å². The monoisotopic (exact) mass is 369 g/mol. The first-order valence-corrected chi connectivity index (χ1v) is 8.00. The van der Waals surface area contributed by atoms with Crippen LogP contribution in [0.3, 0.4) is 0 Å². The Morgan fingerprint density at radius 1 is 1.22 bits per heavy atom. The molecule has 1 aromatic heterocycles. The number of Topliss-reactive ketones (excluding diaryl/α,β-unsaturated/α-hetero) is 1. The number of carbonyl (C=O) groups is 2. The first-order chi connectivity index (χ1) is 13.0. The zero-order valence-electron chi connectivity index (χ0n) is 14.6. The van der Waals surface area contributed by atoms with E-state index in [1.807, 2.05) is 0 Å². The van der Waals surface area contributed by atoms with E-state index in [1.165, 1.54) is 23.7 Å². The third-order valence-electron chi connectivity index (χ3n) is 3.78. The Morgan fingerprint density at radius 2 is 2.00 bits per heavy atom. The molecule has 0 saturated carbocycles. The van der Waals surface area contributed by atoms with Crippen LogP contribution in [-0.2, 0) is 11.8 Å². The molecule has 3 rings (SSSR count). The smallest absolute Gasteiger partial charge is 0.264 e. The SMILES string of the molecule is CC(=O)c1ccc(-c2ccccc2OCC(=O)Nc2nnnn2C)cc1F. The number of amides is 1. The van der Waals surface area contributed by atoms with Crippen LogP contribution < -0.4 is 10.1 Å². The number of ether oxygens (including phenoxy) is 1. The van der Waals surface area contributed by atoms with Gasteiger partial charge in [0.1, 0.15) is 11.6 Å². The number of para-hydroxylation sites is 1. The second-order valence-corrected chi connectivity index (χ2v) is 5.71. The molecule has 1 amide bonds. The number of rotatable bonds is 6. The molecule has 0 spiro atoms. The van der Waals surface area contributed by atoms with Gasteiger partial charge in [-0.15, -0.1) is 0 Å². The summed E-state index contributed by atoms with van der Waals surface area (Å²) in [6, 6.07) is 11.2. The molecule has 9 heteroatoms. The average molecular weight is 369 g/mol. The maximum absolute atomic E-state index is 14.1. The summed E-state index contributed by atoms with van der Waals surface area (Å²) >= 11 is 0. The Hall–Kier alpha value is -3.62. The molecular weight excluding hydrogens is 353 g/mol. The molecule has 0 fully saturated rings. The quantitative estimate of drug-likeness (QED) is 0.669. The molecule has 1 heterocycles. The zero-order chi connectivity index (χ0) is 19.4. The summed E-state index contributed by atoms with van der Waals surface area (Å²) in [5, 5.41) is 13.2. The lowest BCUT2D eigenvalue weighted by atomic mass is 10.0. The fourth-order valence-corrected chi connectivity index (χ4v) is 2.44. The van der Waals surface area contributed by atoms with Crippen molar-refractivity contribution < 1.29 is 18.7 Å². The Morgan fingerprint density at radius 3 is 2.67 bits per heavy atom. The van der Waals surface area contributed by atoms with Gasteiger partial charge >= 0.3 is 0 Å². The number of anilines is 1. The third kappa shape index (κ3) is 4.14. The van der Waals surface area contributed by atoms with Crippen molar-refractivity contribution in [2.45, 2.75) is 6.92 Å². The van der Waals surface area contributed by atoms with E-state index in [0.29, 0.717) is 16.9 Å². The highest BCUT2D eigenvalue weighted by Gasteiger charge is 2.13. The van der Waals surface area contributed by atoms with Crippen LogP contribution in [0, 0.1) is 5.82 Å². The van der Waals surface area contributed by atoms with Crippen molar-refractivity contribution in [1.82, 2.24) is 20.2 Å². The van der Waals surface area contributed by atoms with Crippen LogP contribution in [0.2, 0.25) is 0 Å². The van der Waals surface area contributed by atoms with Gasteiger partial charge in [0.15, 0.2) is 12.4 Å². The predicted molar refractivity (Wildman–Crippen MR) is 94.8 cm³/mol. The average Bonchev–Trinajstić information content (AvgIpc) is 3.04. The van der Waals surface area contributed by atoms with Crippen molar-refractivity contribution in [3.63, 3.8) is 0 Å². The Balaban J connectivity index is 1.76. The molecule has 8 nitrogen and oxygen atoms in total. The second kappa shape index (κ2) is 7.73. The number of hydrogen-bond donors (Lipinski definition) is 1. The molecule has 0 atom stereocenters. The van der Waals surface area contributed by atoms with Crippen LogP contribution in [0.25, 0.3) is 11.1 Å². The summed E-state index contributed by atoms with van der Waals surface area (Å²) in [5.74, 6) is -0.806. The summed E-state index contributed by atoms with van der Waals surface area (Å²) in [6.45, 7) is 1.03. The number of aryl methyl sites for hydroxylation is 1. The fraction of sp³-hybridized carbons (Fsp3) is 0.167. The summed E-state index contributed by atoms with van der Waals surface area (Å²) in [5.41, 5.74) is 1.15. The number of halogens is 1. The highest BCUT2D eigenvalue weighted by atomic mass is 19.1. The van der Waals surface area contributed by atoms with Gasteiger partial charge in [0, 0.05) is 12.6 Å². The number of tetrazole rings is 1. The molecule has 138 valence electrons. The van der Waals surface area contributed by atoms with Crippen molar-refractivity contribution in [1.29, 1.82) is 0 Å². The molecule has 3 aromatic rings. The second-order valence-electron chi connectivity index (χ2n) is 5.71. The number of hydrogen-bond acceptors (Lipinski definition) is 6. The highest BCUT2D eigenvalue weighted by molar-refractivity contribution is 5.95. The number of aromatic nitrogens is 4. The molecule has 0 aliphatic rings. The number of nitrogens with zero attached hydrogens (tertiary/aromatic N) is 4. The Labute approximate surface area is 154 Å². The van der Waals surface area contributed by atoms with Crippen molar-refractivity contribution in [3.8, 4) is 16.9 Å². The van der Waals surface area contributed by atoms with Gasteiger partial charge in [-0.05, 0) is 41.1 Å². The highest BCUT2D eigenvalue weighted by Crippen LogP contribution is 2.31. The third-order valence-corrected chi connectivity index (χ3v) is 3.78. The lowest BCUT2D eigenvalue weighted by Gasteiger charge is -2.12. The van der Waals surface area contributed by atoms with Crippen LogP contribution >= 0.6 is 0 Å². The van der Waals surface area contributed by atoms with E-state index >= 15 is 0 Å². The van der Waals surface area contributed by atoms with Gasteiger partial charge in [0.05, 0.1) is 5.56 Å². The number of benzene rings is 2. The number of carbonyl (C=O) groups excluding carboxylic acids is 2. The van der Waals surface area contributed by atoms with Gasteiger partial charge in [-0.2, -0.15) is 0 Å². The van der Waals surface area contributed by atoms with E-state index in [4.69, 9.17) is 4.74 Å². The molecular formula is C18H16FN5O3. The van der Waals surface area contributed by atoms with Crippen molar-refractivity contribution in [2.75, 3.05) is 11.9 Å². The van der Waals surface area contributed by atoms with E-state index in [0.717, 1.165) is 0 Å². The maximum Gasteiger partial charge on any atom is 0.264 e. The maximum atomic E-state index is 14.1. The van der Waals surface area contributed by atoms with Gasteiger partial charge < -0.3 is 4.74 Å². The molecule has 0 saturated heterocycles. The summed E-state index contributed by atoms with van der Waals surface area (Å²) in [4.78, 5) is 23.4. The van der Waals surface area contributed by atoms with Crippen LogP contribution in [-0.4, -0.2) is 38.5 Å². The van der Waals surface area contributed by atoms with Gasteiger partial charge in [-0.3, -0.25) is 14.9 Å². The predicted octanol–water partition coefficient (Wildman–Crippen LogP) is 2.24. The molecule has 1 N–H and O–H groups in total. The van der Waals surface area contributed by atoms with Gasteiger partial charge in [0.2, 0.25) is 5.95 Å². The molecule has 0 radical (unpaired) electrons. The van der Waals surface area contributed by atoms with Crippen LogP contribution in [0.4, 0.5) is 10.3 Å². The lowest BCUT2D eigenvalue weighted by Crippen LogP contribution is -2.22. The van der Waals surface area contributed by atoms with Crippen molar-refractivity contribution >= 4 is 17.6 Å². The summed E-state index contributed by atoms with van der Waals surface area (Å²) in [7, 11) is 1.59. The minimum Gasteiger partial charge on any atom is -0.483 e.